The summed E-state index contributed by atoms with van der Waals surface area (Å²) < 4.78 is 26.8. The lowest BCUT2D eigenvalue weighted by Crippen LogP contribution is -2.33. The van der Waals surface area contributed by atoms with Gasteiger partial charge in [-0.3, -0.25) is 0 Å². The van der Waals surface area contributed by atoms with Gasteiger partial charge < -0.3 is 10.2 Å². The second-order valence-corrected chi connectivity index (χ2v) is 9.67. The minimum atomic E-state index is -3.80. The van der Waals surface area contributed by atoms with E-state index in [1.807, 2.05) is 0 Å². The van der Waals surface area contributed by atoms with Gasteiger partial charge in [-0.25, -0.2) is 17.9 Å². The van der Waals surface area contributed by atoms with Crippen molar-refractivity contribution in [2.24, 2.45) is 5.92 Å². The highest BCUT2D eigenvalue weighted by Crippen LogP contribution is 2.38. The smallest absolute Gasteiger partial charge is 0.307 e. The van der Waals surface area contributed by atoms with Crippen LogP contribution in [0.25, 0.3) is 0 Å². The van der Waals surface area contributed by atoms with Crippen molar-refractivity contribution in [3.63, 3.8) is 0 Å². The van der Waals surface area contributed by atoms with Gasteiger partial charge in [-0.1, -0.05) is 19.1 Å². The number of nitrogens with zero attached hydrogens (tertiary/aromatic N) is 1. The molecule has 28 heavy (non-hydrogen) atoms. The summed E-state index contributed by atoms with van der Waals surface area (Å²) in [6.07, 6.45) is 8.81. The van der Waals surface area contributed by atoms with Crippen LogP contribution in [0, 0.1) is 5.92 Å². The van der Waals surface area contributed by atoms with Gasteiger partial charge in [0.1, 0.15) is 0 Å². The number of sulfonamides is 1. The van der Waals surface area contributed by atoms with Crippen LogP contribution in [0.4, 0.5) is 10.5 Å². The van der Waals surface area contributed by atoms with Crippen LogP contribution in [0.5, 0.6) is 0 Å². The molecular weight excluding hydrogens is 374 g/mol. The number of anilines is 1. The molecule has 1 aliphatic heterocycles. The Balaban J connectivity index is 1.44. The number of likely N-dealkylation sites (tertiary alicyclic amines) is 1. The molecule has 0 aromatic heterocycles. The van der Waals surface area contributed by atoms with Gasteiger partial charge in [0.25, 0.3) is 10.0 Å². The maximum atomic E-state index is 12.5. The standard InChI is InChI=1S/C21H29N3O3S/c1-2-24-11-9-15(14-24)10-12-28(26,27)23-21(25)22-20-18-7-3-5-16(18)13-17-6-4-8-19(17)20/h10,12-13,15H,2-9,11,14H2,1H3,(H2,22,23,25). The predicted octanol–water partition coefficient (Wildman–Crippen LogP) is 2.97. The molecule has 0 bridgehead atoms. The molecule has 4 rings (SSSR count). The molecule has 2 aliphatic carbocycles. The summed E-state index contributed by atoms with van der Waals surface area (Å²) in [7, 11) is -3.80. The second-order valence-electron chi connectivity index (χ2n) is 8.11. The van der Waals surface area contributed by atoms with Crippen molar-refractivity contribution >= 4 is 21.7 Å². The molecule has 152 valence electrons. The van der Waals surface area contributed by atoms with Crippen molar-refractivity contribution in [3.05, 3.63) is 39.8 Å². The largest absolute Gasteiger partial charge is 0.333 e. The molecule has 0 radical (unpaired) electrons. The quantitative estimate of drug-likeness (QED) is 0.792. The summed E-state index contributed by atoms with van der Waals surface area (Å²) in [5.41, 5.74) is 5.85. The number of fused-ring (bicyclic) bond motifs is 2. The van der Waals surface area contributed by atoms with Gasteiger partial charge >= 0.3 is 6.03 Å². The first kappa shape index (κ1) is 19.5. The van der Waals surface area contributed by atoms with Gasteiger partial charge in [0.2, 0.25) is 0 Å². The maximum Gasteiger partial charge on any atom is 0.333 e. The molecule has 2 N–H and O–H groups in total. The summed E-state index contributed by atoms with van der Waals surface area (Å²) in [6, 6.07) is 1.62. The van der Waals surface area contributed by atoms with E-state index in [0.717, 1.165) is 75.7 Å². The number of rotatable bonds is 5. The normalized spacial score (nSPS) is 21.8. The molecular formula is C21H29N3O3S. The number of nitrogens with one attached hydrogen (secondary N) is 2. The van der Waals surface area contributed by atoms with Gasteiger partial charge in [0.05, 0.1) is 0 Å². The van der Waals surface area contributed by atoms with Gasteiger partial charge in [0, 0.05) is 17.6 Å². The lowest BCUT2D eigenvalue weighted by atomic mass is 9.99. The van der Waals surface area contributed by atoms with Gasteiger partial charge in [-0.2, -0.15) is 0 Å². The van der Waals surface area contributed by atoms with E-state index in [0.29, 0.717) is 0 Å². The third-order valence-electron chi connectivity index (χ3n) is 6.23. The van der Waals surface area contributed by atoms with Crippen LogP contribution in [-0.4, -0.2) is 39.0 Å². The highest BCUT2D eigenvalue weighted by Gasteiger charge is 2.26. The summed E-state index contributed by atoms with van der Waals surface area (Å²) in [4.78, 5) is 14.8. The predicted molar refractivity (Wildman–Crippen MR) is 111 cm³/mol. The molecule has 1 atom stereocenters. The van der Waals surface area contributed by atoms with Crippen LogP contribution in [0.15, 0.2) is 17.6 Å². The Morgan fingerprint density at radius 1 is 1.18 bits per heavy atom. The Kier molecular flexibility index (Phi) is 5.47. The van der Waals surface area contributed by atoms with Crippen LogP contribution in [-0.2, 0) is 35.7 Å². The van der Waals surface area contributed by atoms with E-state index in [4.69, 9.17) is 0 Å². The maximum absolute atomic E-state index is 12.5. The minimum Gasteiger partial charge on any atom is -0.307 e. The number of carbonyl (C=O) groups is 1. The highest BCUT2D eigenvalue weighted by molar-refractivity contribution is 7.92. The van der Waals surface area contributed by atoms with Crippen molar-refractivity contribution < 1.29 is 13.2 Å². The van der Waals surface area contributed by atoms with E-state index in [2.05, 4.69) is 27.9 Å². The zero-order chi connectivity index (χ0) is 19.7. The topological polar surface area (TPSA) is 78.5 Å². The fourth-order valence-electron chi connectivity index (χ4n) is 4.79. The highest BCUT2D eigenvalue weighted by atomic mass is 32.2. The zero-order valence-electron chi connectivity index (χ0n) is 16.5. The van der Waals surface area contributed by atoms with E-state index in [1.54, 1.807) is 6.08 Å². The number of hydrogen-bond donors (Lipinski definition) is 2. The third kappa shape index (κ3) is 4.10. The van der Waals surface area contributed by atoms with Crippen molar-refractivity contribution in [2.45, 2.75) is 51.9 Å². The van der Waals surface area contributed by atoms with Crippen LogP contribution in [0.3, 0.4) is 0 Å². The Hall–Kier alpha value is -1.86. The van der Waals surface area contributed by atoms with Crippen LogP contribution < -0.4 is 10.0 Å². The number of aryl methyl sites for hydroxylation is 2. The number of carbonyl (C=O) groups excluding carboxylic acids is 1. The molecule has 1 saturated heterocycles. The third-order valence-corrected chi connectivity index (χ3v) is 7.22. The molecule has 7 heteroatoms. The van der Waals surface area contributed by atoms with E-state index >= 15 is 0 Å². The molecule has 2 amide bonds. The zero-order valence-corrected chi connectivity index (χ0v) is 17.3. The molecule has 1 heterocycles. The van der Waals surface area contributed by atoms with E-state index in [9.17, 15) is 13.2 Å². The van der Waals surface area contributed by atoms with Crippen molar-refractivity contribution in [1.82, 2.24) is 9.62 Å². The Bertz CT molecular complexity index is 876. The SMILES string of the molecule is CCN1CCC(C=CS(=O)(=O)NC(=O)Nc2c3c(cc4c2CCC4)CCC3)C1. The minimum absolute atomic E-state index is 0.222. The molecule has 0 saturated carbocycles. The fraction of sp³-hybridized carbons (Fsp3) is 0.571. The van der Waals surface area contributed by atoms with Gasteiger partial charge in [-0.15, -0.1) is 0 Å². The lowest BCUT2D eigenvalue weighted by molar-refractivity contribution is 0.256. The summed E-state index contributed by atoms with van der Waals surface area (Å²) >= 11 is 0. The number of urea groups is 1. The molecule has 1 fully saturated rings. The Morgan fingerprint density at radius 2 is 1.86 bits per heavy atom. The number of benzene rings is 1. The number of amides is 2. The van der Waals surface area contributed by atoms with Crippen LogP contribution >= 0.6 is 0 Å². The van der Waals surface area contributed by atoms with E-state index in [1.165, 1.54) is 22.3 Å². The summed E-state index contributed by atoms with van der Waals surface area (Å²) in [5.74, 6) is 0.222. The van der Waals surface area contributed by atoms with Gasteiger partial charge in [0.15, 0.2) is 0 Å². The molecule has 1 aromatic carbocycles. The molecule has 6 nitrogen and oxygen atoms in total. The first-order valence-electron chi connectivity index (χ1n) is 10.4. The average Bonchev–Trinajstić information content (AvgIpc) is 3.39. The summed E-state index contributed by atoms with van der Waals surface area (Å²) in [5, 5.41) is 4.02. The molecule has 1 unspecified atom stereocenters. The molecule has 0 spiro atoms. The average molecular weight is 404 g/mol. The Labute approximate surface area is 167 Å². The molecule has 3 aliphatic rings. The summed E-state index contributed by atoms with van der Waals surface area (Å²) in [6.45, 7) is 4.94. The lowest BCUT2D eigenvalue weighted by Gasteiger charge is -2.16. The van der Waals surface area contributed by atoms with Crippen molar-refractivity contribution in [3.8, 4) is 0 Å². The van der Waals surface area contributed by atoms with Gasteiger partial charge in [-0.05, 0) is 86.2 Å². The second kappa shape index (κ2) is 7.87. The Morgan fingerprint density at radius 3 is 2.46 bits per heavy atom. The van der Waals surface area contributed by atoms with Crippen molar-refractivity contribution in [1.29, 1.82) is 0 Å². The van der Waals surface area contributed by atoms with Crippen molar-refractivity contribution in [2.75, 3.05) is 25.0 Å². The van der Waals surface area contributed by atoms with Crippen LogP contribution in [0.2, 0.25) is 0 Å². The van der Waals surface area contributed by atoms with E-state index in [-0.39, 0.29) is 5.92 Å². The molecule has 1 aromatic rings. The number of hydrogen-bond acceptors (Lipinski definition) is 4. The first-order chi connectivity index (χ1) is 13.4. The first-order valence-corrected chi connectivity index (χ1v) is 11.9. The van der Waals surface area contributed by atoms with E-state index < -0.39 is 16.1 Å². The monoisotopic (exact) mass is 403 g/mol. The van der Waals surface area contributed by atoms with Crippen LogP contribution in [0.1, 0.15) is 48.4 Å². The fourth-order valence-corrected chi connectivity index (χ4v) is 5.60.